The van der Waals surface area contributed by atoms with Gasteiger partial charge in [0.1, 0.15) is 0 Å². The zero-order valence-corrected chi connectivity index (χ0v) is 3.89. The van der Waals surface area contributed by atoms with E-state index in [1.165, 1.54) is 0 Å². The molecule has 0 aromatic carbocycles. The van der Waals surface area contributed by atoms with Gasteiger partial charge in [0.25, 0.3) is 0 Å². The molecule has 0 aliphatic carbocycles. The van der Waals surface area contributed by atoms with Crippen molar-refractivity contribution in [3.05, 3.63) is 0 Å². The van der Waals surface area contributed by atoms with E-state index < -0.39 is 5.38 Å². The molecule has 0 aliphatic heterocycles. The second-order valence-electron chi connectivity index (χ2n) is 0.781. The van der Waals surface area contributed by atoms with E-state index in [0.717, 1.165) is 0 Å². The van der Waals surface area contributed by atoms with Crippen molar-refractivity contribution in [1.82, 2.24) is 0 Å². The number of rotatable bonds is 0. The van der Waals surface area contributed by atoms with Crippen molar-refractivity contribution in [1.29, 1.82) is 0 Å². The molecule has 2 N–H and O–H groups in total. The quantitative estimate of drug-likeness (QED) is 0.425. The first-order chi connectivity index (χ1) is 2.00. The topological polar surface area (TPSA) is 31.5 Å². The van der Waals surface area contributed by atoms with Gasteiger partial charge in [0, 0.05) is 6.92 Å². The standard InChI is InChI=1S/C2H3ClF2.H2O/c1-2(3,4)5;/h1H3;1H2. The third kappa shape index (κ3) is 3290. The van der Waals surface area contributed by atoms with Gasteiger partial charge in [-0.3, -0.25) is 0 Å². The molecule has 0 atom stereocenters. The molecule has 0 unspecified atom stereocenters. The summed E-state index contributed by atoms with van der Waals surface area (Å²) in [5.41, 5.74) is 0. The van der Waals surface area contributed by atoms with E-state index in [1.807, 2.05) is 0 Å². The first-order valence-corrected chi connectivity index (χ1v) is 1.44. The van der Waals surface area contributed by atoms with Crippen LogP contribution in [0.25, 0.3) is 0 Å². The van der Waals surface area contributed by atoms with Crippen LogP contribution in [0.15, 0.2) is 0 Å². The lowest BCUT2D eigenvalue weighted by atomic mass is 10.9. The van der Waals surface area contributed by atoms with E-state index in [4.69, 9.17) is 0 Å². The summed E-state index contributed by atoms with van der Waals surface area (Å²) in [5.74, 6) is 0. The summed E-state index contributed by atoms with van der Waals surface area (Å²) in [5, 5.41) is -3.03. The maximum absolute atomic E-state index is 10.8. The van der Waals surface area contributed by atoms with Crippen LogP contribution in [0.3, 0.4) is 0 Å². The predicted molar refractivity (Wildman–Crippen MR) is 20.1 cm³/mol. The molecule has 0 saturated heterocycles. The first-order valence-electron chi connectivity index (χ1n) is 1.07. The van der Waals surface area contributed by atoms with E-state index in [1.54, 1.807) is 0 Å². The Kier molecular flexibility index (Phi) is 3.64. The van der Waals surface area contributed by atoms with E-state index >= 15 is 0 Å². The molecule has 0 radical (unpaired) electrons. The summed E-state index contributed by atoms with van der Waals surface area (Å²) in [6.07, 6.45) is 0. The number of hydrogen-bond donors (Lipinski definition) is 0. The van der Waals surface area contributed by atoms with Crippen molar-refractivity contribution in [3.63, 3.8) is 0 Å². The number of halogens is 3. The molecule has 0 aromatic heterocycles. The zero-order chi connectivity index (χ0) is 4.50. The molecule has 0 aliphatic rings. The fraction of sp³-hybridized carbons (Fsp3) is 1.00. The molecular weight excluding hydrogens is 113 g/mol. The van der Waals surface area contributed by atoms with Gasteiger partial charge in [0.15, 0.2) is 0 Å². The molecule has 1 nitrogen and oxygen atoms in total. The predicted octanol–water partition coefficient (Wildman–Crippen LogP) is 1.01. The molecule has 0 spiro atoms. The van der Waals surface area contributed by atoms with E-state index in [0.29, 0.717) is 6.92 Å². The van der Waals surface area contributed by atoms with Crippen LogP contribution in [0.4, 0.5) is 8.78 Å². The maximum Gasteiger partial charge on any atom is 0.318 e. The Balaban J connectivity index is 0. The van der Waals surface area contributed by atoms with Crippen LogP contribution in [0.2, 0.25) is 0 Å². The van der Waals surface area contributed by atoms with Crippen LogP contribution in [0.5, 0.6) is 0 Å². The minimum absolute atomic E-state index is 0. The number of alkyl halides is 3. The Morgan fingerprint density at radius 1 is 1.50 bits per heavy atom. The van der Waals surface area contributed by atoms with Crippen molar-refractivity contribution in [2.45, 2.75) is 12.3 Å². The Morgan fingerprint density at radius 2 is 1.50 bits per heavy atom. The summed E-state index contributed by atoms with van der Waals surface area (Å²) in [7, 11) is 0. The normalized spacial score (nSPS) is 10.0. The molecule has 0 aromatic rings. The monoisotopic (exact) mass is 118 g/mol. The average Bonchev–Trinajstić information content (AvgIpc) is 0.722. The highest BCUT2D eigenvalue weighted by atomic mass is 35.5. The third-order valence-corrected chi connectivity index (χ3v) is 0. The number of hydrogen-bond acceptors (Lipinski definition) is 0. The highest BCUT2D eigenvalue weighted by Crippen LogP contribution is 2.15. The molecule has 0 heterocycles. The van der Waals surface area contributed by atoms with Crippen LogP contribution in [-0.2, 0) is 0 Å². The largest absolute Gasteiger partial charge is 0.412 e. The van der Waals surface area contributed by atoms with Crippen molar-refractivity contribution in [2.75, 3.05) is 0 Å². The summed E-state index contributed by atoms with van der Waals surface area (Å²) in [6.45, 7) is 0.620. The van der Waals surface area contributed by atoms with Crippen molar-refractivity contribution < 1.29 is 14.3 Å². The average molecular weight is 119 g/mol. The minimum atomic E-state index is -3.03. The molecule has 6 heavy (non-hydrogen) atoms. The van der Waals surface area contributed by atoms with Gasteiger partial charge in [-0.25, -0.2) is 0 Å². The lowest BCUT2D eigenvalue weighted by Gasteiger charge is -1.90. The van der Waals surface area contributed by atoms with Crippen molar-refractivity contribution in [2.24, 2.45) is 0 Å². The second kappa shape index (κ2) is 2.31. The second-order valence-corrected chi connectivity index (χ2v) is 1.44. The van der Waals surface area contributed by atoms with Gasteiger partial charge in [-0.15, -0.1) is 0 Å². The van der Waals surface area contributed by atoms with Crippen LogP contribution < -0.4 is 0 Å². The van der Waals surface area contributed by atoms with Crippen LogP contribution >= 0.6 is 11.6 Å². The molecule has 0 saturated carbocycles. The minimum Gasteiger partial charge on any atom is -0.412 e. The van der Waals surface area contributed by atoms with Gasteiger partial charge in [0.2, 0.25) is 0 Å². The lowest BCUT2D eigenvalue weighted by molar-refractivity contribution is 0.119. The fourth-order valence-corrected chi connectivity index (χ4v) is 0. The summed E-state index contributed by atoms with van der Waals surface area (Å²) in [4.78, 5) is 0. The van der Waals surface area contributed by atoms with Gasteiger partial charge in [-0.1, -0.05) is 0 Å². The molecular formula is C2H5ClF2O. The Bertz CT molecular complexity index is 27.0. The van der Waals surface area contributed by atoms with Gasteiger partial charge in [0.05, 0.1) is 0 Å². The molecule has 0 fully saturated rings. The van der Waals surface area contributed by atoms with E-state index in [-0.39, 0.29) is 5.48 Å². The molecule has 40 valence electrons. The van der Waals surface area contributed by atoms with E-state index in [9.17, 15) is 8.78 Å². The van der Waals surface area contributed by atoms with Crippen LogP contribution in [0.1, 0.15) is 6.92 Å². The highest BCUT2D eigenvalue weighted by Gasteiger charge is 2.12. The van der Waals surface area contributed by atoms with Crippen LogP contribution in [0, 0.1) is 0 Å². The Hall–Kier alpha value is 0.110. The highest BCUT2D eigenvalue weighted by molar-refractivity contribution is 6.21. The Labute approximate surface area is 39.2 Å². The van der Waals surface area contributed by atoms with Gasteiger partial charge < -0.3 is 5.48 Å². The summed E-state index contributed by atoms with van der Waals surface area (Å²) < 4.78 is 21.6. The molecule has 4 heteroatoms. The lowest BCUT2D eigenvalue weighted by Crippen LogP contribution is -1.92. The smallest absolute Gasteiger partial charge is 0.318 e. The first kappa shape index (κ1) is 9.44. The van der Waals surface area contributed by atoms with E-state index in [2.05, 4.69) is 11.6 Å². The van der Waals surface area contributed by atoms with Crippen LogP contribution in [-0.4, -0.2) is 10.9 Å². The van der Waals surface area contributed by atoms with Crippen molar-refractivity contribution >= 4 is 11.6 Å². The summed E-state index contributed by atoms with van der Waals surface area (Å²) >= 11 is 4.20. The van der Waals surface area contributed by atoms with Crippen molar-refractivity contribution in [3.8, 4) is 0 Å². The maximum atomic E-state index is 10.8. The zero-order valence-electron chi connectivity index (χ0n) is 3.13. The fourth-order valence-electron chi connectivity index (χ4n) is 0. The molecule has 0 bridgehead atoms. The van der Waals surface area contributed by atoms with Gasteiger partial charge in [-0.05, 0) is 11.6 Å². The summed E-state index contributed by atoms with van der Waals surface area (Å²) in [6, 6.07) is 0. The van der Waals surface area contributed by atoms with Gasteiger partial charge in [-0.2, -0.15) is 8.78 Å². The molecule has 0 amide bonds. The Morgan fingerprint density at radius 3 is 1.50 bits per heavy atom. The third-order valence-electron chi connectivity index (χ3n) is 0. The van der Waals surface area contributed by atoms with Gasteiger partial charge >= 0.3 is 5.38 Å². The molecule has 0 rings (SSSR count). The SMILES string of the molecule is CC(F)(F)Cl.O.